The Bertz CT molecular complexity index is 406. The van der Waals surface area contributed by atoms with Gasteiger partial charge in [0.15, 0.2) is 0 Å². The second kappa shape index (κ2) is 11.4. The largest absolute Gasteiger partial charge is 0.396 e. The van der Waals surface area contributed by atoms with Crippen LogP contribution in [0.25, 0.3) is 0 Å². The molecule has 0 radical (unpaired) electrons. The lowest BCUT2D eigenvalue weighted by Crippen LogP contribution is -2.25. The zero-order chi connectivity index (χ0) is 16.3. The molecule has 0 heterocycles. The molecule has 5 nitrogen and oxygen atoms in total. The quantitative estimate of drug-likeness (QED) is 0.264. The van der Waals surface area contributed by atoms with Crippen LogP contribution in [0.5, 0.6) is 0 Å². The summed E-state index contributed by atoms with van der Waals surface area (Å²) in [6, 6.07) is 0. The van der Waals surface area contributed by atoms with Gasteiger partial charge in [0.05, 0.1) is 0 Å². The van der Waals surface area contributed by atoms with Crippen LogP contribution in [0.4, 0.5) is 0 Å². The lowest BCUT2D eigenvalue weighted by Gasteiger charge is -2.12. The van der Waals surface area contributed by atoms with Crippen molar-refractivity contribution < 1.29 is 9.90 Å². The molecule has 0 aliphatic heterocycles. The van der Waals surface area contributed by atoms with E-state index in [-0.39, 0.29) is 12.5 Å². The Morgan fingerprint density at radius 2 is 2.05 bits per heavy atom. The molecule has 0 bridgehead atoms. The van der Waals surface area contributed by atoms with Gasteiger partial charge >= 0.3 is 0 Å². The Kier molecular flexibility index (Phi) is 10.7. The topological polar surface area (TPSA) is 73.7 Å². The van der Waals surface area contributed by atoms with Crippen molar-refractivity contribution in [2.75, 3.05) is 13.7 Å². The first-order valence-electron chi connectivity index (χ1n) is 7.31. The first-order valence-corrected chi connectivity index (χ1v) is 7.72. The van der Waals surface area contributed by atoms with Crippen LogP contribution in [0.1, 0.15) is 46.5 Å². The Hall–Kier alpha value is -1.27. The van der Waals surface area contributed by atoms with Gasteiger partial charge in [-0.2, -0.15) is 0 Å². The molecule has 0 aromatic heterocycles. The first kappa shape index (κ1) is 19.7. The van der Waals surface area contributed by atoms with Crippen LogP contribution in [0, 0.1) is 5.92 Å². The van der Waals surface area contributed by atoms with Crippen LogP contribution in [-0.4, -0.2) is 35.9 Å². The monoisotopic (exact) mass is 313 g/mol. The fourth-order valence-corrected chi connectivity index (χ4v) is 1.86. The SMILES string of the molecule is CCC(/C=N\C(NC(C)=O)=C(/C)C(=S)NC)CCCCO. The van der Waals surface area contributed by atoms with Crippen molar-refractivity contribution in [1.29, 1.82) is 0 Å². The van der Waals surface area contributed by atoms with E-state index in [0.29, 0.717) is 16.7 Å². The van der Waals surface area contributed by atoms with Crippen LogP contribution in [-0.2, 0) is 4.79 Å². The maximum Gasteiger partial charge on any atom is 0.222 e. The molecule has 6 heteroatoms. The van der Waals surface area contributed by atoms with Gasteiger partial charge in [-0.25, -0.2) is 4.99 Å². The van der Waals surface area contributed by atoms with Crippen LogP contribution < -0.4 is 10.6 Å². The third-order valence-corrected chi connectivity index (χ3v) is 3.65. The van der Waals surface area contributed by atoms with Crippen molar-refractivity contribution in [2.24, 2.45) is 10.9 Å². The van der Waals surface area contributed by atoms with Gasteiger partial charge in [0.2, 0.25) is 5.91 Å². The maximum absolute atomic E-state index is 11.3. The zero-order valence-electron chi connectivity index (χ0n) is 13.4. The molecule has 1 unspecified atom stereocenters. The van der Waals surface area contributed by atoms with E-state index >= 15 is 0 Å². The Labute approximate surface area is 132 Å². The molecule has 0 aliphatic carbocycles. The van der Waals surface area contributed by atoms with Crippen LogP contribution >= 0.6 is 12.2 Å². The number of aliphatic hydroxyl groups excluding tert-OH is 1. The van der Waals surface area contributed by atoms with E-state index in [2.05, 4.69) is 22.5 Å². The standard InChI is InChI=1S/C15H27N3O2S/c1-5-13(8-6-7-9-19)10-17-14(18-12(3)20)11(2)15(21)16-4/h10,13,19H,5-9H2,1-4H3,(H,16,21)(H,18,20)/b14-11-,17-10-. The number of hydrogen-bond acceptors (Lipinski definition) is 4. The third kappa shape index (κ3) is 8.57. The highest BCUT2D eigenvalue weighted by molar-refractivity contribution is 7.80. The summed E-state index contributed by atoms with van der Waals surface area (Å²) in [5.74, 6) is 0.646. The zero-order valence-corrected chi connectivity index (χ0v) is 14.2. The number of rotatable bonds is 9. The average molecular weight is 313 g/mol. The van der Waals surface area contributed by atoms with Gasteiger partial charge in [0.1, 0.15) is 10.8 Å². The number of aliphatic imine (C=N–C) groups is 1. The summed E-state index contributed by atoms with van der Waals surface area (Å²) in [6.07, 6.45) is 5.58. The van der Waals surface area contributed by atoms with Gasteiger partial charge in [-0.1, -0.05) is 25.6 Å². The van der Waals surface area contributed by atoms with Crippen LogP contribution in [0.3, 0.4) is 0 Å². The van der Waals surface area contributed by atoms with E-state index in [1.54, 1.807) is 7.05 Å². The molecule has 0 fully saturated rings. The fourth-order valence-electron chi connectivity index (χ4n) is 1.77. The second-order valence-electron chi connectivity index (χ2n) is 4.90. The third-order valence-electron chi connectivity index (χ3n) is 3.14. The summed E-state index contributed by atoms with van der Waals surface area (Å²) >= 11 is 5.18. The summed E-state index contributed by atoms with van der Waals surface area (Å²) in [4.78, 5) is 16.3. The number of nitrogens with one attached hydrogen (secondary N) is 2. The molecule has 0 rings (SSSR count). The van der Waals surface area contributed by atoms with Gasteiger partial charge in [0.25, 0.3) is 0 Å². The molecule has 0 aromatic rings. The number of aliphatic hydroxyl groups is 1. The number of amides is 1. The number of thiocarbonyl (C=S) groups is 1. The normalized spacial score (nSPS) is 13.8. The number of carbonyl (C=O) groups excluding carboxylic acids is 1. The van der Waals surface area contributed by atoms with E-state index in [1.165, 1.54) is 6.92 Å². The number of nitrogens with zero attached hydrogens (tertiary/aromatic N) is 1. The molecule has 3 N–H and O–H groups in total. The Morgan fingerprint density at radius 3 is 2.52 bits per heavy atom. The molecule has 120 valence electrons. The van der Waals surface area contributed by atoms with Crippen molar-refractivity contribution in [3.63, 3.8) is 0 Å². The summed E-state index contributed by atoms with van der Waals surface area (Å²) in [6.45, 7) is 5.60. The highest BCUT2D eigenvalue weighted by Crippen LogP contribution is 2.12. The highest BCUT2D eigenvalue weighted by atomic mass is 32.1. The summed E-state index contributed by atoms with van der Waals surface area (Å²) in [7, 11) is 1.74. The van der Waals surface area contributed by atoms with Crippen molar-refractivity contribution in [2.45, 2.75) is 46.5 Å². The maximum atomic E-state index is 11.3. The first-order chi connectivity index (χ1) is 9.96. The van der Waals surface area contributed by atoms with E-state index < -0.39 is 0 Å². The van der Waals surface area contributed by atoms with E-state index in [0.717, 1.165) is 31.3 Å². The van der Waals surface area contributed by atoms with Crippen molar-refractivity contribution in [3.8, 4) is 0 Å². The molecule has 0 spiro atoms. The number of carbonyl (C=O) groups is 1. The molecule has 21 heavy (non-hydrogen) atoms. The molecule has 0 aliphatic rings. The van der Waals surface area contributed by atoms with Gasteiger partial charge in [-0.15, -0.1) is 0 Å². The molecule has 1 amide bonds. The smallest absolute Gasteiger partial charge is 0.222 e. The van der Waals surface area contributed by atoms with Gasteiger partial charge in [-0.3, -0.25) is 4.79 Å². The number of hydrogen-bond donors (Lipinski definition) is 3. The van der Waals surface area contributed by atoms with Crippen molar-refractivity contribution in [1.82, 2.24) is 10.6 Å². The summed E-state index contributed by atoms with van der Waals surface area (Å²) < 4.78 is 0. The predicted molar refractivity (Wildman–Crippen MR) is 91.4 cm³/mol. The lowest BCUT2D eigenvalue weighted by molar-refractivity contribution is -0.118. The number of unbranched alkanes of at least 4 members (excludes halogenated alkanes) is 1. The van der Waals surface area contributed by atoms with Crippen molar-refractivity contribution >= 4 is 29.3 Å². The van der Waals surface area contributed by atoms with E-state index in [9.17, 15) is 4.79 Å². The summed E-state index contributed by atoms with van der Waals surface area (Å²) in [5, 5.41) is 14.4. The number of likely N-dealkylation sites (N-methyl/N-ethyl adjacent to an activating group) is 1. The fraction of sp³-hybridized carbons (Fsp3) is 0.667. The van der Waals surface area contributed by atoms with E-state index in [1.807, 2.05) is 13.1 Å². The molecular formula is C15H27N3O2S. The minimum Gasteiger partial charge on any atom is -0.396 e. The minimum atomic E-state index is -0.172. The van der Waals surface area contributed by atoms with Gasteiger partial charge < -0.3 is 15.7 Å². The van der Waals surface area contributed by atoms with Gasteiger partial charge in [0, 0.05) is 32.4 Å². The van der Waals surface area contributed by atoms with E-state index in [4.69, 9.17) is 17.3 Å². The van der Waals surface area contributed by atoms with Crippen LogP contribution in [0.2, 0.25) is 0 Å². The molecule has 0 aromatic carbocycles. The second-order valence-corrected chi connectivity index (χ2v) is 5.31. The predicted octanol–water partition coefficient (Wildman–Crippen LogP) is 2.16. The average Bonchev–Trinajstić information content (AvgIpc) is 2.47. The molecular weight excluding hydrogens is 286 g/mol. The molecule has 1 atom stereocenters. The highest BCUT2D eigenvalue weighted by Gasteiger charge is 2.08. The molecule has 0 saturated heterocycles. The minimum absolute atomic E-state index is 0.172. The Morgan fingerprint density at radius 1 is 1.38 bits per heavy atom. The van der Waals surface area contributed by atoms with Crippen LogP contribution in [0.15, 0.2) is 16.4 Å². The summed E-state index contributed by atoms with van der Waals surface area (Å²) in [5.41, 5.74) is 0.740. The van der Waals surface area contributed by atoms with Gasteiger partial charge in [-0.05, 0) is 32.1 Å². The molecule has 0 saturated carbocycles. The van der Waals surface area contributed by atoms with Crippen molar-refractivity contribution in [3.05, 3.63) is 11.4 Å². The lowest BCUT2D eigenvalue weighted by atomic mass is 10.0. The Balaban J connectivity index is 4.97.